The highest BCUT2D eigenvalue weighted by Gasteiger charge is 2.20. The van der Waals surface area contributed by atoms with Crippen LogP contribution in [0.15, 0.2) is 35.2 Å². The molecule has 2 aromatic rings. The van der Waals surface area contributed by atoms with E-state index in [1.165, 1.54) is 22.9 Å². The van der Waals surface area contributed by atoms with Crippen LogP contribution < -0.4 is 5.32 Å². The van der Waals surface area contributed by atoms with Crippen molar-refractivity contribution in [2.75, 3.05) is 5.32 Å². The molecule has 2 rings (SSSR count). The molecule has 0 aliphatic rings. The highest BCUT2D eigenvalue weighted by atomic mass is 32.3. The maximum atomic E-state index is 13.2. The number of nitrogens with zero attached hydrogens (tertiary/aromatic N) is 2. The van der Waals surface area contributed by atoms with Gasteiger partial charge in [0.05, 0.1) is 11.4 Å². The smallest absolute Gasteiger partial charge is 0.319 e. The van der Waals surface area contributed by atoms with Gasteiger partial charge in [-0.1, -0.05) is 12.1 Å². The first-order valence-corrected chi connectivity index (χ1v) is 7.60. The Balaban J connectivity index is 2.37. The summed E-state index contributed by atoms with van der Waals surface area (Å²) in [5.74, 6) is -0.548. The predicted molar refractivity (Wildman–Crippen MR) is 75.3 cm³/mol. The van der Waals surface area contributed by atoms with Gasteiger partial charge in [-0.3, -0.25) is 9.48 Å². The lowest BCUT2D eigenvalue weighted by Gasteiger charge is -2.09. The van der Waals surface area contributed by atoms with Crippen LogP contribution in [0.4, 0.5) is 9.57 Å². The van der Waals surface area contributed by atoms with Crippen LogP contribution in [0.25, 0.3) is 0 Å². The Morgan fingerprint density at radius 1 is 1.38 bits per heavy atom. The molecule has 1 heterocycles. The number of rotatable bonds is 4. The van der Waals surface area contributed by atoms with Gasteiger partial charge in [0.2, 0.25) is 0 Å². The van der Waals surface area contributed by atoms with E-state index in [0.717, 1.165) is 6.07 Å². The van der Waals surface area contributed by atoms with Crippen molar-refractivity contribution in [1.29, 1.82) is 0 Å². The molecule has 1 aromatic carbocycles. The Bertz CT molecular complexity index is 784. The third kappa shape index (κ3) is 3.27. The average molecular weight is 311 g/mol. The van der Waals surface area contributed by atoms with Crippen molar-refractivity contribution >= 4 is 21.8 Å². The van der Waals surface area contributed by atoms with Crippen LogP contribution in [-0.4, -0.2) is 24.1 Å². The zero-order valence-corrected chi connectivity index (χ0v) is 12.3. The second-order valence-corrected chi connectivity index (χ2v) is 5.69. The molecule has 0 saturated carbocycles. The molecule has 0 aliphatic carbocycles. The lowest BCUT2D eigenvalue weighted by atomic mass is 10.3. The van der Waals surface area contributed by atoms with Crippen molar-refractivity contribution in [3.05, 3.63) is 41.7 Å². The standard InChI is InChI=1S/C13H14FN3O3S/c1-3-17-11(8-9(2)16-17)13(18)15-10-6-4-5-7-12(10)21(14,19)20/h4-8H,3H2,1-2H3,(H,15,18). The number of benzene rings is 1. The number of hydrogen-bond donors (Lipinski definition) is 1. The molecule has 0 spiro atoms. The SMILES string of the molecule is CCn1nc(C)cc1C(=O)Nc1ccccc1S(=O)(=O)F. The van der Waals surface area contributed by atoms with Gasteiger partial charge in [0.25, 0.3) is 5.91 Å². The number of amides is 1. The van der Waals surface area contributed by atoms with Crippen molar-refractivity contribution in [3.63, 3.8) is 0 Å². The molecule has 0 atom stereocenters. The van der Waals surface area contributed by atoms with E-state index in [0.29, 0.717) is 12.2 Å². The van der Waals surface area contributed by atoms with Gasteiger partial charge < -0.3 is 5.32 Å². The van der Waals surface area contributed by atoms with Crippen LogP contribution in [0.3, 0.4) is 0 Å². The largest absolute Gasteiger partial charge is 0.334 e. The molecule has 0 radical (unpaired) electrons. The molecule has 0 saturated heterocycles. The normalized spacial score (nSPS) is 11.4. The summed E-state index contributed by atoms with van der Waals surface area (Å²) in [6.45, 7) is 4.05. The van der Waals surface area contributed by atoms with Gasteiger partial charge in [-0.25, -0.2) is 0 Å². The van der Waals surface area contributed by atoms with Gasteiger partial charge in [-0.05, 0) is 32.0 Å². The maximum absolute atomic E-state index is 13.2. The minimum Gasteiger partial charge on any atom is -0.319 e. The summed E-state index contributed by atoms with van der Waals surface area (Å²) >= 11 is 0. The summed E-state index contributed by atoms with van der Waals surface area (Å²) in [4.78, 5) is 11.6. The molecule has 1 aromatic heterocycles. The number of aromatic nitrogens is 2. The van der Waals surface area contributed by atoms with E-state index in [1.807, 2.05) is 6.92 Å². The highest BCUT2D eigenvalue weighted by Crippen LogP contribution is 2.23. The average Bonchev–Trinajstić information content (AvgIpc) is 2.79. The van der Waals surface area contributed by atoms with Crippen LogP contribution in [0, 0.1) is 6.92 Å². The van der Waals surface area contributed by atoms with Crippen LogP contribution >= 0.6 is 0 Å². The molecular weight excluding hydrogens is 297 g/mol. The van der Waals surface area contributed by atoms with Gasteiger partial charge in [0.1, 0.15) is 10.6 Å². The molecule has 0 aliphatic heterocycles. The Kier molecular flexibility index (Phi) is 4.08. The van der Waals surface area contributed by atoms with E-state index in [9.17, 15) is 17.1 Å². The fourth-order valence-electron chi connectivity index (χ4n) is 1.94. The Morgan fingerprint density at radius 2 is 2.05 bits per heavy atom. The summed E-state index contributed by atoms with van der Waals surface area (Å²) in [6, 6.07) is 6.87. The van der Waals surface area contributed by atoms with Crippen molar-refractivity contribution < 1.29 is 17.1 Å². The zero-order valence-electron chi connectivity index (χ0n) is 11.5. The Labute approximate surface area is 121 Å². The van der Waals surface area contributed by atoms with Crippen molar-refractivity contribution in [3.8, 4) is 0 Å². The molecule has 1 amide bonds. The first kappa shape index (κ1) is 15.2. The third-order valence-electron chi connectivity index (χ3n) is 2.83. The topological polar surface area (TPSA) is 81.1 Å². The number of anilines is 1. The fourth-order valence-corrected chi connectivity index (χ4v) is 2.56. The molecule has 0 fully saturated rings. The minimum atomic E-state index is -4.91. The first-order chi connectivity index (χ1) is 9.82. The number of hydrogen-bond acceptors (Lipinski definition) is 4. The van der Waals surface area contributed by atoms with E-state index < -0.39 is 21.0 Å². The van der Waals surface area contributed by atoms with E-state index in [2.05, 4.69) is 10.4 Å². The van der Waals surface area contributed by atoms with Crippen LogP contribution in [0.2, 0.25) is 0 Å². The molecule has 0 bridgehead atoms. The maximum Gasteiger partial charge on any atom is 0.334 e. The Hall–Kier alpha value is -2.22. The molecular formula is C13H14FN3O3S. The van der Waals surface area contributed by atoms with E-state index >= 15 is 0 Å². The molecule has 6 nitrogen and oxygen atoms in total. The molecule has 0 unspecified atom stereocenters. The van der Waals surface area contributed by atoms with Gasteiger partial charge in [0, 0.05) is 6.54 Å². The summed E-state index contributed by atoms with van der Waals surface area (Å²) < 4.78 is 36.8. The molecule has 112 valence electrons. The summed E-state index contributed by atoms with van der Waals surface area (Å²) in [5.41, 5.74) is 0.834. The molecule has 21 heavy (non-hydrogen) atoms. The molecule has 8 heteroatoms. The van der Waals surface area contributed by atoms with E-state index in [-0.39, 0.29) is 11.4 Å². The summed E-state index contributed by atoms with van der Waals surface area (Å²) in [6.07, 6.45) is 0. The zero-order chi connectivity index (χ0) is 15.6. The second kappa shape index (κ2) is 5.65. The quantitative estimate of drug-likeness (QED) is 0.877. The van der Waals surface area contributed by atoms with Gasteiger partial charge in [0.15, 0.2) is 0 Å². The Morgan fingerprint density at radius 3 is 2.67 bits per heavy atom. The number of para-hydroxylation sites is 1. The lowest BCUT2D eigenvalue weighted by Crippen LogP contribution is -2.18. The van der Waals surface area contributed by atoms with Crippen molar-refractivity contribution in [2.24, 2.45) is 0 Å². The van der Waals surface area contributed by atoms with Crippen LogP contribution in [0.5, 0.6) is 0 Å². The number of halogens is 1. The molecule has 1 N–H and O–H groups in total. The van der Waals surface area contributed by atoms with Crippen molar-refractivity contribution in [2.45, 2.75) is 25.3 Å². The fraction of sp³-hybridized carbons (Fsp3) is 0.231. The second-order valence-electron chi connectivity index (χ2n) is 4.37. The number of carbonyl (C=O) groups excluding carboxylic acids is 1. The number of aryl methyl sites for hydroxylation is 2. The summed E-state index contributed by atoms with van der Waals surface area (Å²) in [5, 5.41) is 6.53. The van der Waals surface area contributed by atoms with Crippen LogP contribution in [0.1, 0.15) is 23.1 Å². The highest BCUT2D eigenvalue weighted by molar-refractivity contribution is 7.86. The van der Waals surface area contributed by atoms with Crippen LogP contribution in [-0.2, 0) is 16.8 Å². The monoisotopic (exact) mass is 311 g/mol. The van der Waals surface area contributed by atoms with Gasteiger partial charge in [-0.2, -0.15) is 13.5 Å². The van der Waals surface area contributed by atoms with Gasteiger partial charge in [-0.15, -0.1) is 3.89 Å². The van der Waals surface area contributed by atoms with E-state index in [1.54, 1.807) is 13.0 Å². The first-order valence-electron chi connectivity index (χ1n) is 6.22. The third-order valence-corrected chi connectivity index (χ3v) is 3.71. The summed E-state index contributed by atoms with van der Waals surface area (Å²) in [7, 11) is -4.91. The lowest BCUT2D eigenvalue weighted by molar-refractivity contribution is 0.101. The van der Waals surface area contributed by atoms with E-state index in [4.69, 9.17) is 0 Å². The van der Waals surface area contributed by atoms with Crippen molar-refractivity contribution in [1.82, 2.24) is 9.78 Å². The van der Waals surface area contributed by atoms with Gasteiger partial charge >= 0.3 is 10.2 Å². The number of carbonyl (C=O) groups is 1. The number of nitrogens with one attached hydrogen (secondary N) is 1. The minimum absolute atomic E-state index is 0.105. The predicted octanol–water partition coefficient (Wildman–Crippen LogP) is 2.12.